The van der Waals surface area contributed by atoms with Crippen LogP contribution in [-0.4, -0.2) is 38.5 Å². The van der Waals surface area contributed by atoms with Crippen LogP contribution in [0.25, 0.3) is 11.3 Å². The van der Waals surface area contributed by atoms with Crippen LogP contribution in [0, 0.1) is 67.9 Å². The van der Waals surface area contributed by atoms with E-state index in [0.29, 0.717) is 40.9 Å². The average Bonchev–Trinajstić information content (AvgIpc) is 3.48. The Labute approximate surface area is 300 Å². The van der Waals surface area contributed by atoms with Gasteiger partial charge in [0.1, 0.15) is 11.6 Å². The van der Waals surface area contributed by atoms with E-state index < -0.39 is 0 Å². The fourth-order valence-corrected chi connectivity index (χ4v) is 15.2. The Bertz CT molecular complexity index is 1680. The number of aliphatic hydroxyl groups is 1. The number of imidazole rings is 1. The first-order valence-corrected chi connectivity index (χ1v) is 20.5. The molecule has 9 rings (SSSR count). The normalized spacial score (nSPS) is 45.7. The summed E-state index contributed by atoms with van der Waals surface area (Å²) in [5.41, 5.74) is 2.43. The van der Waals surface area contributed by atoms with E-state index in [-0.39, 0.29) is 45.0 Å². The molecule has 6 heteroatoms. The Kier molecular flexibility index (Phi) is 7.34. The second-order valence-corrected chi connectivity index (χ2v) is 20.4. The first-order chi connectivity index (χ1) is 23.7. The first-order valence-electron chi connectivity index (χ1n) is 20.5. The van der Waals surface area contributed by atoms with Crippen LogP contribution in [0.1, 0.15) is 143 Å². The third kappa shape index (κ3) is 4.38. The molecule has 1 saturated heterocycles. The van der Waals surface area contributed by atoms with E-state index >= 15 is 4.79 Å². The zero-order valence-corrected chi connectivity index (χ0v) is 31.7. The number of nitrogens with zero attached hydrogens (tertiary/aromatic N) is 2. The maximum absolute atomic E-state index is 15.5. The van der Waals surface area contributed by atoms with Gasteiger partial charge in [0.15, 0.2) is 0 Å². The Morgan fingerprint density at radius 1 is 0.860 bits per heavy atom. The molecule has 272 valence electrons. The molecule has 7 aliphatic rings. The van der Waals surface area contributed by atoms with Gasteiger partial charge in [0.2, 0.25) is 5.91 Å². The van der Waals surface area contributed by atoms with E-state index in [1.54, 1.807) is 12.1 Å². The predicted octanol–water partition coefficient (Wildman–Crippen LogP) is 10.1. The molecule has 1 aliphatic heterocycles. The molecular formula is C44H62FN3O2. The van der Waals surface area contributed by atoms with Gasteiger partial charge in [-0.25, -0.2) is 9.37 Å². The van der Waals surface area contributed by atoms with Gasteiger partial charge in [0.25, 0.3) is 0 Å². The number of hydrogen-bond donors (Lipinski definition) is 2. The van der Waals surface area contributed by atoms with Crippen LogP contribution in [0.3, 0.4) is 0 Å². The summed E-state index contributed by atoms with van der Waals surface area (Å²) in [4.78, 5) is 26.1. The molecule has 50 heavy (non-hydrogen) atoms. The summed E-state index contributed by atoms with van der Waals surface area (Å²) in [6.07, 6.45) is 17.7. The highest BCUT2D eigenvalue weighted by Gasteiger charge is 2.73. The molecule has 4 unspecified atom stereocenters. The van der Waals surface area contributed by atoms with Gasteiger partial charge in [-0.2, -0.15) is 0 Å². The third-order valence-electron chi connectivity index (χ3n) is 18.3. The first kappa shape index (κ1) is 33.6. The molecule has 0 bridgehead atoms. The van der Waals surface area contributed by atoms with Crippen LogP contribution in [0.4, 0.5) is 4.39 Å². The second kappa shape index (κ2) is 10.9. The van der Waals surface area contributed by atoms with Gasteiger partial charge in [-0.3, -0.25) is 4.79 Å². The van der Waals surface area contributed by atoms with Gasteiger partial charge in [-0.05, 0) is 159 Å². The Morgan fingerprint density at radius 2 is 1.66 bits per heavy atom. The Balaban J connectivity index is 1.05. The molecule has 1 aromatic carbocycles. The van der Waals surface area contributed by atoms with Gasteiger partial charge in [0.05, 0.1) is 29.5 Å². The minimum absolute atomic E-state index is 0.0321. The Morgan fingerprint density at radius 3 is 2.42 bits per heavy atom. The molecule has 2 aromatic rings. The summed E-state index contributed by atoms with van der Waals surface area (Å²) in [7, 11) is 0. The summed E-state index contributed by atoms with van der Waals surface area (Å²) in [6, 6.07) is 6.63. The van der Waals surface area contributed by atoms with Crippen molar-refractivity contribution in [1.82, 2.24) is 14.9 Å². The van der Waals surface area contributed by atoms with Crippen molar-refractivity contribution < 1.29 is 14.3 Å². The van der Waals surface area contributed by atoms with Gasteiger partial charge >= 0.3 is 0 Å². The molecule has 0 spiro atoms. The molecule has 6 aliphatic carbocycles. The number of carbonyl (C=O) groups is 1. The minimum Gasteiger partial charge on any atom is -0.393 e. The number of amides is 1. The van der Waals surface area contributed by atoms with Crippen molar-refractivity contribution in [3.8, 4) is 11.3 Å². The standard InChI is InChI=1S/C44H62FN3O2/c1-39(2)33-15-18-43(6)34(41(33,4)17-16-35(39)49)13-12-30-36-29(40(3)20-21-40)14-19-44(36,23-22-42(30,43)5)38(50)48-24-8-11-32(48)37-46-26-31(47-37)27-9-7-10-28(45)25-27/h7,9-10,25-26,29-30,32-36,49H,8,11-24H2,1-6H3,(H,46,47)/t29?,30-,32+,33?,34?,35+,36?,41+,42-,43-,44+/m1/s1. The van der Waals surface area contributed by atoms with Crippen LogP contribution in [0.5, 0.6) is 0 Å². The van der Waals surface area contributed by atoms with E-state index in [4.69, 9.17) is 4.98 Å². The molecule has 1 amide bonds. The van der Waals surface area contributed by atoms with Crippen molar-refractivity contribution in [2.75, 3.05) is 6.54 Å². The smallest absolute Gasteiger partial charge is 0.229 e. The maximum atomic E-state index is 15.5. The lowest BCUT2D eigenvalue weighted by molar-refractivity contribution is -0.249. The topological polar surface area (TPSA) is 69.2 Å². The lowest BCUT2D eigenvalue weighted by Gasteiger charge is -2.73. The van der Waals surface area contributed by atoms with Crippen LogP contribution in [0.2, 0.25) is 0 Å². The summed E-state index contributed by atoms with van der Waals surface area (Å²) in [5.74, 6) is 3.94. The van der Waals surface area contributed by atoms with Crippen molar-refractivity contribution in [3.05, 3.63) is 42.1 Å². The summed E-state index contributed by atoms with van der Waals surface area (Å²) in [6.45, 7) is 16.1. The fourth-order valence-electron chi connectivity index (χ4n) is 15.2. The number of aromatic nitrogens is 2. The largest absolute Gasteiger partial charge is 0.393 e. The highest BCUT2D eigenvalue weighted by atomic mass is 19.1. The lowest BCUT2D eigenvalue weighted by atomic mass is 9.32. The molecule has 11 atom stereocenters. The van der Waals surface area contributed by atoms with Gasteiger partial charge < -0.3 is 15.0 Å². The number of aromatic amines is 1. The molecule has 5 nitrogen and oxygen atoms in total. The molecule has 7 fully saturated rings. The van der Waals surface area contributed by atoms with Crippen LogP contribution in [-0.2, 0) is 4.79 Å². The zero-order valence-electron chi connectivity index (χ0n) is 31.7. The summed E-state index contributed by atoms with van der Waals surface area (Å²) >= 11 is 0. The lowest BCUT2D eigenvalue weighted by Crippen LogP contribution is -2.67. The monoisotopic (exact) mass is 683 g/mol. The number of benzene rings is 1. The quantitative estimate of drug-likeness (QED) is 0.337. The van der Waals surface area contributed by atoms with E-state index in [2.05, 4.69) is 51.4 Å². The van der Waals surface area contributed by atoms with Gasteiger partial charge in [0, 0.05) is 12.1 Å². The van der Waals surface area contributed by atoms with E-state index in [1.807, 2.05) is 12.3 Å². The number of halogens is 1. The number of aliphatic hydroxyl groups excluding tert-OH is 1. The van der Waals surface area contributed by atoms with Gasteiger partial charge in [-0.1, -0.05) is 53.7 Å². The predicted molar refractivity (Wildman–Crippen MR) is 195 cm³/mol. The highest BCUT2D eigenvalue weighted by molar-refractivity contribution is 5.84. The molecule has 2 heterocycles. The maximum Gasteiger partial charge on any atom is 0.229 e. The van der Waals surface area contributed by atoms with Crippen molar-refractivity contribution in [1.29, 1.82) is 0 Å². The van der Waals surface area contributed by atoms with E-state index in [0.717, 1.165) is 68.6 Å². The minimum atomic E-state index is -0.276. The van der Waals surface area contributed by atoms with Crippen molar-refractivity contribution in [2.24, 2.45) is 62.1 Å². The van der Waals surface area contributed by atoms with Crippen LogP contribution in [0.15, 0.2) is 30.5 Å². The van der Waals surface area contributed by atoms with Crippen LogP contribution < -0.4 is 0 Å². The number of H-pyrrole nitrogens is 1. The number of nitrogens with one attached hydrogen (secondary N) is 1. The number of carbonyl (C=O) groups excluding carboxylic acids is 1. The molecule has 6 saturated carbocycles. The molecule has 2 N–H and O–H groups in total. The summed E-state index contributed by atoms with van der Waals surface area (Å²) in [5, 5.41) is 11.2. The third-order valence-corrected chi connectivity index (χ3v) is 18.3. The SMILES string of the molecule is CC1(C2CC[C@]3(C(=O)N4CCC[C@H]4c4ncc(-c5cccc(F)c5)[nH]4)CC[C@]4(C)[C@H](CCC5[C@@]6(C)CC[C@H](O)C(C)(C)C6CC[C@]54C)C23)CC1. The fraction of sp³-hybridized carbons (Fsp3) is 0.773. The van der Waals surface area contributed by atoms with Gasteiger partial charge in [-0.15, -0.1) is 0 Å². The molecular weight excluding hydrogens is 622 g/mol. The number of likely N-dealkylation sites (tertiary alicyclic amines) is 1. The van der Waals surface area contributed by atoms with Crippen molar-refractivity contribution in [3.63, 3.8) is 0 Å². The highest BCUT2D eigenvalue weighted by Crippen LogP contribution is 2.79. The molecule has 1 aromatic heterocycles. The number of fused-ring (bicyclic) bond motifs is 7. The Hall–Kier alpha value is -2.21. The molecule has 0 radical (unpaired) electrons. The average molecular weight is 684 g/mol. The zero-order chi connectivity index (χ0) is 35.1. The van der Waals surface area contributed by atoms with Crippen molar-refractivity contribution in [2.45, 2.75) is 144 Å². The number of hydrogen-bond acceptors (Lipinski definition) is 3. The van der Waals surface area contributed by atoms with Crippen LogP contribution >= 0.6 is 0 Å². The summed E-state index contributed by atoms with van der Waals surface area (Å²) < 4.78 is 14.1. The second-order valence-electron chi connectivity index (χ2n) is 20.4. The van der Waals surface area contributed by atoms with E-state index in [1.165, 1.54) is 51.0 Å². The van der Waals surface area contributed by atoms with E-state index in [9.17, 15) is 9.50 Å². The van der Waals surface area contributed by atoms with Crippen molar-refractivity contribution >= 4 is 5.91 Å². The number of rotatable bonds is 4.